The van der Waals surface area contributed by atoms with E-state index in [2.05, 4.69) is 10.3 Å². The molecule has 0 bridgehead atoms. The molecule has 1 aromatic rings. The normalized spacial score (nSPS) is 38.3. The second kappa shape index (κ2) is 4.80. The van der Waals surface area contributed by atoms with Crippen molar-refractivity contribution in [3.05, 3.63) is 12.4 Å². The monoisotopic (exact) mass is 290 g/mol. The van der Waals surface area contributed by atoms with Crippen LogP contribution in [0.25, 0.3) is 0 Å². The molecule has 114 valence electrons. The SMILES string of the molecule is O=C(C1C2CCCC21)N1CCCC(O)(Cn2ccnn2)C1. The van der Waals surface area contributed by atoms with Crippen molar-refractivity contribution in [3.8, 4) is 0 Å². The lowest BCUT2D eigenvalue weighted by Crippen LogP contribution is -2.53. The minimum absolute atomic E-state index is 0.257. The van der Waals surface area contributed by atoms with Crippen LogP contribution < -0.4 is 0 Å². The molecule has 0 radical (unpaired) electrons. The minimum atomic E-state index is -0.869. The molecule has 21 heavy (non-hydrogen) atoms. The Labute approximate surface area is 124 Å². The quantitative estimate of drug-likeness (QED) is 0.888. The Bertz CT molecular complexity index is 522. The number of amides is 1. The van der Waals surface area contributed by atoms with E-state index < -0.39 is 5.60 Å². The van der Waals surface area contributed by atoms with Gasteiger partial charge in [-0.1, -0.05) is 11.6 Å². The van der Waals surface area contributed by atoms with Crippen molar-refractivity contribution in [2.75, 3.05) is 13.1 Å². The maximum Gasteiger partial charge on any atom is 0.226 e. The number of β-amino-alcohol motifs (C(OH)–C–C–N with tert-alkyl or cyclic N) is 1. The molecule has 1 N–H and O–H groups in total. The van der Waals surface area contributed by atoms with Crippen molar-refractivity contribution in [1.82, 2.24) is 19.9 Å². The molecule has 6 heteroatoms. The highest BCUT2D eigenvalue weighted by molar-refractivity contribution is 5.82. The van der Waals surface area contributed by atoms with E-state index in [0.29, 0.717) is 31.3 Å². The number of carbonyl (C=O) groups is 1. The second-order valence-electron chi connectivity index (χ2n) is 6.97. The molecule has 4 rings (SSSR count). The second-order valence-corrected chi connectivity index (χ2v) is 6.97. The smallest absolute Gasteiger partial charge is 0.226 e. The number of hydrogen-bond donors (Lipinski definition) is 1. The van der Waals surface area contributed by atoms with E-state index in [1.54, 1.807) is 17.1 Å². The van der Waals surface area contributed by atoms with Crippen molar-refractivity contribution in [2.45, 2.75) is 44.2 Å². The molecule has 3 fully saturated rings. The van der Waals surface area contributed by atoms with E-state index in [4.69, 9.17) is 0 Å². The Kier molecular flexibility index (Phi) is 3.03. The third-order valence-corrected chi connectivity index (χ3v) is 5.49. The van der Waals surface area contributed by atoms with Crippen LogP contribution in [0.15, 0.2) is 12.4 Å². The lowest BCUT2D eigenvalue weighted by atomic mass is 9.92. The van der Waals surface area contributed by atoms with Crippen molar-refractivity contribution in [2.24, 2.45) is 17.8 Å². The van der Waals surface area contributed by atoms with Crippen molar-refractivity contribution in [1.29, 1.82) is 0 Å². The van der Waals surface area contributed by atoms with Crippen LogP contribution in [0.4, 0.5) is 0 Å². The molecule has 6 nitrogen and oxygen atoms in total. The molecule has 2 saturated carbocycles. The molecule has 2 heterocycles. The summed E-state index contributed by atoms with van der Waals surface area (Å²) < 4.78 is 1.65. The first-order valence-electron chi connectivity index (χ1n) is 8.02. The third kappa shape index (κ3) is 2.35. The number of carbonyl (C=O) groups excluding carboxylic acids is 1. The first kappa shape index (κ1) is 13.2. The van der Waals surface area contributed by atoms with Crippen molar-refractivity contribution < 1.29 is 9.90 Å². The van der Waals surface area contributed by atoms with Crippen LogP contribution in [0.3, 0.4) is 0 Å². The highest BCUT2D eigenvalue weighted by atomic mass is 16.3. The number of piperidine rings is 1. The maximum atomic E-state index is 12.6. The van der Waals surface area contributed by atoms with Gasteiger partial charge in [0.2, 0.25) is 5.91 Å². The number of nitrogens with zero attached hydrogens (tertiary/aromatic N) is 4. The topological polar surface area (TPSA) is 71.2 Å². The predicted octanol–water partition coefficient (Wildman–Crippen LogP) is 0.678. The van der Waals surface area contributed by atoms with E-state index >= 15 is 0 Å². The maximum absolute atomic E-state index is 12.6. The van der Waals surface area contributed by atoms with E-state index in [-0.39, 0.29) is 11.8 Å². The number of hydrogen-bond acceptors (Lipinski definition) is 4. The van der Waals surface area contributed by atoms with Gasteiger partial charge in [-0.15, -0.1) is 5.10 Å². The van der Waals surface area contributed by atoms with Crippen LogP contribution >= 0.6 is 0 Å². The molecule has 3 atom stereocenters. The van der Waals surface area contributed by atoms with E-state index in [9.17, 15) is 9.90 Å². The molecule has 3 aliphatic rings. The molecular weight excluding hydrogens is 268 g/mol. The largest absolute Gasteiger partial charge is 0.386 e. The summed E-state index contributed by atoms with van der Waals surface area (Å²) in [5, 5.41) is 18.5. The summed E-state index contributed by atoms with van der Waals surface area (Å²) in [7, 11) is 0. The van der Waals surface area contributed by atoms with Crippen molar-refractivity contribution in [3.63, 3.8) is 0 Å². The predicted molar refractivity (Wildman–Crippen MR) is 75.1 cm³/mol. The zero-order chi connectivity index (χ0) is 14.4. The van der Waals surface area contributed by atoms with Crippen LogP contribution in [0.1, 0.15) is 32.1 Å². The van der Waals surface area contributed by atoms with Gasteiger partial charge in [0.25, 0.3) is 0 Å². The summed E-state index contributed by atoms with van der Waals surface area (Å²) in [6, 6.07) is 0. The first-order valence-corrected chi connectivity index (χ1v) is 8.02. The average molecular weight is 290 g/mol. The standard InChI is InChI=1S/C15H22N4O2/c20-14(13-11-3-1-4-12(11)13)18-7-2-5-15(21,9-18)10-19-8-6-16-17-19/h6,8,11-13,21H,1-5,7,9-10H2. The number of fused-ring (bicyclic) bond motifs is 1. The summed E-state index contributed by atoms with van der Waals surface area (Å²) >= 11 is 0. The molecule has 1 amide bonds. The van der Waals surface area contributed by atoms with Crippen LogP contribution in [0.5, 0.6) is 0 Å². The lowest BCUT2D eigenvalue weighted by Gasteiger charge is -2.39. The zero-order valence-corrected chi connectivity index (χ0v) is 12.2. The Morgan fingerprint density at radius 1 is 1.33 bits per heavy atom. The van der Waals surface area contributed by atoms with Gasteiger partial charge in [0.05, 0.1) is 19.3 Å². The van der Waals surface area contributed by atoms with Gasteiger partial charge >= 0.3 is 0 Å². The molecule has 1 saturated heterocycles. The van der Waals surface area contributed by atoms with Gasteiger partial charge in [-0.2, -0.15) is 0 Å². The summed E-state index contributed by atoms with van der Waals surface area (Å²) in [5.74, 6) is 1.82. The van der Waals surface area contributed by atoms with Crippen LogP contribution in [-0.4, -0.2) is 49.6 Å². The van der Waals surface area contributed by atoms with Gasteiger partial charge in [0, 0.05) is 18.7 Å². The summed E-state index contributed by atoms with van der Waals surface area (Å²) in [6.45, 7) is 1.63. The molecule has 1 aliphatic heterocycles. The summed E-state index contributed by atoms with van der Waals surface area (Å²) in [6.07, 6.45) is 8.67. The summed E-state index contributed by atoms with van der Waals surface area (Å²) in [5.41, 5.74) is -0.869. The lowest BCUT2D eigenvalue weighted by molar-refractivity contribution is -0.141. The van der Waals surface area contributed by atoms with E-state index in [1.165, 1.54) is 19.3 Å². The molecule has 3 unspecified atom stereocenters. The zero-order valence-electron chi connectivity index (χ0n) is 12.2. The van der Waals surface area contributed by atoms with Gasteiger partial charge in [0.1, 0.15) is 5.60 Å². The number of aliphatic hydroxyl groups is 1. The molecule has 0 aromatic carbocycles. The Hall–Kier alpha value is -1.43. The van der Waals surface area contributed by atoms with Crippen LogP contribution in [0, 0.1) is 17.8 Å². The van der Waals surface area contributed by atoms with Gasteiger partial charge in [-0.05, 0) is 37.5 Å². The van der Waals surface area contributed by atoms with Gasteiger partial charge in [-0.3, -0.25) is 4.79 Å². The van der Waals surface area contributed by atoms with E-state index in [0.717, 1.165) is 13.0 Å². The minimum Gasteiger partial charge on any atom is -0.386 e. The third-order valence-electron chi connectivity index (χ3n) is 5.49. The molecular formula is C15H22N4O2. The first-order chi connectivity index (χ1) is 10.2. The van der Waals surface area contributed by atoms with Gasteiger partial charge in [0.15, 0.2) is 0 Å². The Morgan fingerprint density at radius 3 is 2.86 bits per heavy atom. The van der Waals surface area contributed by atoms with Gasteiger partial charge < -0.3 is 10.0 Å². The van der Waals surface area contributed by atoms with Crippen molar-refractivity contribution >= 4 is 5.91 Å². The molecule has 2 aliphatic carbocycles. The fraction of sp³-hybridized carbons (Fsp3) is 0.800. The van der Waals surface area contributed by atoms with Crippen LogP contribution in [0.2, 0.25) is 0 Å². The molecule has 1 aromatic heterocycles. The fourth-order valence-corrected chi connectivity index (χ4v) is 4.45. The highest BCUT2D eigenvalue weighted by Crippen LogP contribution is 2.58. The summed E-state index contributed by atoms with van der Waals surface area (Å²) in [4.78, 5) is 14.5. The molecule has 0 spiro atoms. The van der Waals surface area contributed by atoms with E-state index in [1.807, 2.05) is 4.90 Å². The van der Waals surface area contributed by atoms with Gasteiger partial charge in [-0.25, -0.2) is 4.68 Å². The number of likely N-dealkylation sites (tertiary alicyclic amines) is 1. The van der Waals surface area contributed by atoms with Crippen LogP contribution in [-0.2, 0) is 11.3 Å². The number of aromatic nitrogens is 3. The average Bonchev–Trinajstić information content (AvgIpc) is 2.88. The Balaban J connectivity index is 1.41. The Morgan fingerprint density at radius 2 is 2.14 bits per heavy atom. The fourth-order valence-electron chi connectivity index (χ4n) is 4.45. The highest BCUT2D eigenvalue weighted by Gasteiger charge is 2.58. The number of rotatable bonds is 3.